The zero-order chi connectivity index (χ0) is 16.4. The minimum absolute atomic E-state index is 0.0345. The summed E-state index contributed by atoms with van der Waals surface area (Å²) in [6.07, 6.45) is 4.96. The Labute approximate surface area is 142 Å². The van der Waals surface area contributed by atoms with Crippen molar-refractivity contribution < 1.29 is 4.79 Å². The van der Waals surface area contributed by atoms with E-state index in [9.17, 15) is 10.1 Å². The van der Waals surface area contributed by atoms with Gasteiger partial charge in [0, 0.05) is 30.9 Å². The number of piperidine rings is 1. The van der Waals surface area contributed by atoms with Crippen LogP contribution in [0.15, 0.2) is 0 Å². The van der Waals surface area contributed by atoms with Crippen LogP contribution in [0.1, 0.15) is 49.1 Å². The number of rotatable bonds is 4. The van der Waals surface area contributed by atoms with Crippen molar-refractivity contribution in [1.82, 2.24) is 4.90 Å². The average Bonchev–Trinajstić information content (AvgIpc) is 3.04. The minimum atomic E-state index is 0.0345. The molecule has 5 heteroatoms. The number of carbonyl (C=O) groups is 1. The third-order valence-electron chi connectivity index (χ3n) is 4.89. The molecule has 0 saturated carbocycles. The van der Waals surface area contributed by atoms with E-state index >= 15 is 0 Å². The molecule has 1 fully saturated rings. The van der Waals surface area contributed by atoms with Crippen molar-refractivity contribution >= 4 is 22.2 Å². The van der Waals surface area contributed by atoms with Crippen LogP contribution < -0.4 is 5.32 Å². The summed E-state index contributed by atoms with van der Waals surface area (Å²) in [6, 6.07) is 2.28. The second-order valence-corrected chi connectivity index (χ2v) is 8.28. The van der Waals surface area contributed by atoms with Crippen molar-refractivity contribution in [2.24, 2.45) is 11.8 Å². The van der Waals surface area contributed by atoms with E-state index in [1.165, 1.54) is 16.9 Å². The zero-order valence-corrected chi connectivity index (χ0v) is 14.8. The first-order valence-corrected chi connectivity index (χ1v) is 9.45. The van der Waals surface area contributed by atoms with Gasteiger partial charge in [0.15, 0.2) is 0 Å². The molecule has 2 heterocycles. The van der Waals surface area contributed by atoms with Crippen molar-refractivity contribution in [2.45, 2.75) is 46.0 Å². The first-order valence-electron chi connectivity index (χ1n) is 8.63. The highest BCUT2D eigenvalue weighted by Crippen LogP contribution is 2.38. The maximum absolute atomic E-state index is 12.3. The number of likely N-dealkylation sites (tertiary alicyclic amines) is 1. The van der Waals surface area contributed by atoms with Crippen LogP contribution in [0.3, 0.4) is 0 Å². The molecule has 2 unspecified atom stereocenters. The van der Waals surface area contributed by atoms with Crippen LogP contribution in [0.4, 0.5) is 5.00 Å². The molecule has 2 atom stereocenters. The van der Waals surface area contributed by atoms with Crippen molar-refractivity contribution in [3.63, 3.8) is 0 Å². The fraction of sp³-hybridized carbons (Fsp3) is 0.667. The lowest BCUT2D eigenvalue weighted by atomic mass is 9.92. The molecule has 0 bridgehead atoms. The Morgan fingerprint density at radius 1 is 1.35 bits per heavy atom. The molecule has 0 spiro atoms. The molecule has 0 aromatic carbocycles. The monoisotopic (exact) mass is 331 g/mol. The molecular formula is C18H25N3OS. The van der Waals surface area contributed by atoms with Gasteiger partial charge >= 0.3 is 0 Å². The number of hydrogen-bond acceptors (Lipinski definition) is 4. The van der Waals surface area contributed by atoms with E-state index in [-0.39, 0.29) is 5.91 Å². The number of hydrogen-bond donors (Lipinski definition) is 1. The second kappa shape index (κ2) is 7.02. The van der Waals surface area contributed by atoms with Crippen LogP contribution in [0.2, 0.25) is 0 Å². The van der Waals surface area contributed by atoms with Crippen LogP contribution in [0, 0.1) is 23.2 Å². The van der Waals surface area contributed by atoms with Gasteiger partial charge in [0.05, 0.1) is 5.56 Å². The van der Waals surface area contributed by atoms with Gasteiger partial charge in [0.1, 0.15) is 11.1 Å². The number of aryl methyl sites for hydroxylation is 1. The molecule has 4 nitrogen and oxygen atoms in total. The summed E-state index contributed by atoms with van der Waals surface area (Å²) in [6.45, 7) is 7.57. The Kier molecular flexibility index (Phi) is 5.03. The summed E-state index contributed by atoms with van der Waals surface area (Å²) >= 11 is 1.60. The molecule has 3 rings (SSSR count). The molecule has 23 heavy (non-hydrogen) atoms. The summed E-state index contributed by atoms with van der Waals surface area (Å²) < 4.78 is 0. The maximum Gasteiger partial charge on any atom is 0.226 e. The summed E-state index contributed by atoms with van der Waals surface area (Å²) in [5.74, 6) is 1.46. The van der Waals surface area contributed by atoms with E-state index in [0.29, 0.717) is 23.8 Å². The average molecular weight is 331 g/mol. The number of nitrogens with one attached hydrogen (secondary N) is 1. The standard InChI is InChI=1S/C18H25N3OS/c1-12-8-13(2)11-21(10-12)7-6-17(22)20-18-15(9-19)14-4-3-5-16(14)23-18/h12-13H,3-8,10-11H2,1-2H3,(H,20,22). The highest BCUT2D eigenvalue weighted by molar-refractivity contribution is 7.16. The minimum Gasteiger partial charge on any atom is -0.317 e. The molecule has 1 saturated heterocycles. The molecule has 2 aliphatic rings. The third kappa shape index (κ3) is 3.76. The van der Waals surface area contributed by atoms with Crippen molar-refractivity contribution in [2.75, 3.05) is 25.0 Å². The van der Waals surface area contributed by atoms with Gasteiger partial charge in [-0.05, 0) is 43.1 Å². The number of carbonyl (C=O) groups excluding carboxylic acids is 1. The molecule has 1 N–H and O–H groups in total. The number of thiophene rings is 1. The van der Waals surface area contributed by atoms with E-state index in [1.54, 1.807) is 11.3 Å². The molecule has 1 aromatic rings. The lowest BCUT2D eigenvalue weighted by molar-refractivity contribution is -0.116. The molecule has 1 amide bonds. The van der Waals surface area contributed by atoms with Crippen molar-refractivity contribution in [3.05, 3.63) is 16.0 Å². The van der Waals surface area contributed by atoms with Crippen LogP contribution in [-0.4, -0.2) is 30.4 Å². The summed E-state index contributed by atoms with van der Waals surface area (Å²) in [4.78, 5) is 16.0. The Balaban J connectivity index is 1.55. The number of nitriles is 1. The highest BCUT2D eigenvalue weighted by Gasteiger charge is 2.24. The fourth-order valence-corrected chi connectivity index (χ4v) is 5.29. The second-order valence-electron chi connectivity index (χ2n) is 7.18. The van der Waals surface area contributed by atoms with Crippen molar-refractivity contribution in [1.29, 1.82) is 5.26 Å². The van der Waals surface area contributed by atoms with Gasteiger partial charge in [-0.25, -0.2) is 0 Å². The lowest BCUT2D eigenvalue weighted by Gasteiger charge is -2.34. The van der Waals surface area contributed by atoms with Gasteiger partial charge in [0.25, 0.3) is 0 Å². The van der Waals surface area contributed by atoms with Gasteiger partial charge in [-0.2, -0.15) is 5.26 Å². The number of nitrogens with zero attached hydrogens (tertiary/aromatic N) is 2. The highest BCUT2D eigenvalue weighted by atomic mass is 32.1. The van der Waals surface area contributed by atoms with Crippen molar-refractivity contribution in [3.8, 4) is 6.07 Å². The van der Waals surface area contributed by atoms with E-state index in [4.69, 9.17) is 0 Å². The predicted octanol–water partition coefficient (Wildman–Crippen LogP) is 3.41. The lowest BCUT2D eigenvalue weighted by Crippen LogP contribution is -2.40. The molecular weight excluding hydrogens is 306 g/mol. The van der Waals surface area contributed by atoms with Gasteiger partial charge in [-0.3, -0.25) is 4.79 Å². The smallest absolute Gasteiger partial charge is 0.226 e. The van der Waals surface area contributed by atoms with Crippen LogP contribution in [0.25, 0.3) is 0 Å². The van der Waals surface area contributed by atoms with Crippen LogP contribution in [-0.2, 0) is 17.6 Å². The van der Waals surface area contributed by atoms with Crippen LogP contribution in [0.5, 0.6) is 0 Å². The zero-order valence-electron chi connectivity index (χ0n) is 14.0. The molecule has 124 valence electrons. The van der Waals surface area contributed by atoms with Gasteiger partial charge in [-0.1, -0.05) is 13.8 Å². The SMILES string of the molecule is CC1CC(C)CN(CCC(=O)Nc2sc3c(c2C#N)CCC3)C1. The molecule has 0 radical (unpaired) electrons. The van der Waals surface area contributed by atoms with E-state index in [2.05, 4.69) is 30.1 Å². The van der Waals surface area contributed by atoms with Gasteiger partial charge in [0.2, 0.25) is 5.91 Å². The maximum atomic E-state index is 12.3. The van der Waals surface area contributed by atoms with E-state index in [0.717, 1.165) is 43.9 Å². The molecule has 1 aliphatic heterocycles. The Morgan fingerprint density at radius 2 is 2.09 bits per heavy atom. The number of amides is 1. The quantitative estimate of drug-likeness (QED) is 0.920. The number of anilines is 1. The topological polar surface area (TPSA) is 56.1 Å². The first kappa shape index (κ1) is 16.5. The molecule has 1 aliphatic carbocycles. The van der Waals surface area contributed by atoms with E-state index < -0.39 is 0 Å². The molecule has 1 aromatic heterocycles. The summed E-state index contributed by atoms with van der Waals surface area (Å²) in [5, 5.41) is 13.1. The third-order valence-corrected chi connectivity index (χ3v) is 6.09. The summed E-state index contributed by atoms with van der Waals surface area (Å²) in [7, 11) is 0. The van der Waals surface area contributed by atoms with Gasteiger partial charge in [-0.15, -0.1) is 11.3 Å². The Bertz CT molecular complexity index is 621. The summed E-state index contributed by atoms with van der Waals surface area (Å²) in [5.41, 5.74) is 1.88. The predicted molar refractivity (Wildman–Crippen MR) is 93.7 cm³/mol. The van der Waals surface area contributed by atoms with Crippen LogP contribution >= 0.6 is 11.3 Å². The number of fused-ring (bicyclic) bond motifs is 1. The largest absolute Gasteiger partial charge is 0.317 e. The first-order chi connectivity index (χ1) is 11.1. The fourth-order valence-electron chi connectivity index (χ4n) is 4.03. The van der Waals surface area contributed by atoms with E-state index in [1.807, 2.05) is 0 Å². The van der Waals surface area contributed by atoms with Gasteiger partial charge < -0.3 is 10.2 Å². The normalized spacial score (nSPS) is 24.2. The Morgan fingerprint density at radius 3 is 2.78 bits per heavy atom. The Hall–Kier alpha value is -1.38.